The summed E-state index contributed by atoms with van der Waals surface area (Å²) in [6.07, 6.45) is 9.83. The van der Waals surface area contributed by atoms with E-state index in [0.29, 0.717) is 5.92 Å². The molecule has 6 aromatic carbocycles. The van der Waals surface area contributed by atoms with Crippen LogP contribution in [-0.4, -0.2) is 9.97 Å². The zero-order valence-electron chi connectivity index (χ0n) is 26.9. The lowest BCUT2D eigenvalue weighted by molar-refractivity contribution is 0.794. The van der Waals surface area contributed by atoms with Gasteiger partial charge >= 0.3 is 0 Å². The number of fused-ring (bicyclic) bond motifs is 10. The van der Waals surface area contributed by atoms with E-state index in [-0.39, 0.29) is 0 Å². The smallest absolute Gasteiger partial charge is 0.160 e. The lowest BCUT2D eigenvalue weighted by atomic mass is 9.70. The lowest BCUT2D eigenvalue weighted by Gasteiger charge is -2.30. The maximum Gasteiger partial charge on any atom is 0.160 e. The highest BCUT2D eigenvalue weighted by Gasteiger charge is 2.51. The van der Waals surface area contributed by atoms with Gasteiger partial charge in [-0.05, 0) is 68.6 Å². The topological polar surface area (TPSA) is 25.8 Å². The number of hydrogen-bond donors (Lipinski definition) is 0. The van der Waals surface area contributed by atoms with Gasteiger partial charge in [0, 0.05) is 22.6 Å². The molecular formula is C47H32N2. The molecule has 0 saturated heterocycles. The molecule has 1 heterocycles. The van der Waals surface area contributed by atoms with Crippen molar-refractivity contribution in [2.45, 2.75) is 17.8 Å². The molecule has 1 spiro atoms. The molecule has 0 aliphatic heterocycles. The van der Waals surface area contributed by atoms with Crippen molar-refractivity contribution in [3.05, 3.63) is 204 Å². The Labute approximate surface area is 286 Å². The fraction of sp³-hybridized carbons (Fsp3) is 0.0638. The van der Waals surface area contributed by atoms with Gasteiger partial charge < -0.3 is 0 Å². The molecule has 0 saturated carbocycles. The normalized spacial score (nSPS) is 15.9. The molecule has 3 aliphatic rings. The highest BCUT2D eigenvalue weighted by atomic mass is 14.9. The molecule has 3 aliphatic carbocycles. The summed E-state index contributed by atoms with van der Waals surface area (Å²) < 4.78 is 0. The Kier molecular flexibility index (Phi) is 6.25. The summed E-state index contributed by atoms with van der Waals surface area (Å²) >= 11 is 0. The number of nitrogens with zero attached hydrogens (tertiary/aromatic N) is 2. The van der Waals surface area contributed by atoms with Gasteiger partial charge in [-0.1, -0.05) is 164 Å². The molecule has 2 nitrogen and oxygen atoms in total. The van der Waals surface area contributed by atoms with Gasteiger partial charge in [-0.15, -0.1) is 0 Å². The summed E-state index contributed by atoms with van der Waals surface area (Å²) in [4.78, 5) is 10.4. The highest BCUT2D eigenvalue weighted by molar-refractivity contribution is 5.95. The lowest BCUT2D eigenvalue weighted by Crippen LogP contribution is -2.25. The maximum absolute atomic E-state index is 5.24. The van der Waals surface area contributed by atoms with Crippen molar-refractivity contribution in [3.63, 3.8) is 0 Å². The van der Waals surface area contributed by atoms with E-state index in [1.807, 2.05) is 6.07 Å². The zero-order valence-corrected chi connectivity index (χ0v) is 26.9. The van der Waals surface area contributed by atoms with E-state index in [0.717, 1.165) is 40.3 Å². The second-order valence-electron chi connectivity index (χ2n) is 13.3. The monoisotopic (exact) mass is 624 g/mol. The van der Waals surface area contributed by atoms with Gasteiger partial charge in [-0.3, -0.25) is 0 Å². The summed E-state index contributed by atoms with van der Waals surface area (Å²) in [5.74, 6) is 1.14. The first kappa shape index (κ1) is 27.9. The second-order valence-corrected chi connectivity index (χ2v) is 13.3. The fourth-order valence-electron chi connectivity index (χ4n) is 8.44. The first-order valence-electron chi connectivity index (χ1n) is 17.1. The first-order chi connectivity index (χ1) is 24.3. The summed E-state index contributed by atoms with van der Waals surface area (Å²) in [6, 6.07) is 55.2. The van der Waals surface area contributed by atoms with E-state index in [1.54, 1.807) is 0 Å². The number of benzene rings is 6. The molecule has 7 aromatic rings. The summed E-state index contributed by atoms with van der Waals surface area (Å²) in [5, 5.41) is 0. The minimum atomic E-state index is -0.397. The third kappa shape index (κ3) is 4.20. The Bertz CT molecular complexity index is 2400. The molecule has 2 heteroatoms. The van der Waals surface area contributed by atoms with Gasteiger partial charge in [0.15, 0.2) is 5.82 Å². The minimum Gasteiger partial charge on any atom is -0.228 e. The zero-order chi connectivity index (χ0) is 32.4. The van der Waals surface area contributed by atoms with Crippen LogP contribution in [0.25, 0.3) is 56.2 Å². The highest BCUT2D eigenvalue weighted by Crippen LogP contribution is 2.63. The molecule has 0 fully saturated rings. The third-order valence-corrected chi connectivity index (χ3v) is 10.7. The van der Waals surface area contributed by atoms with Gasteiger partial charge in [-0.25, -0.2) is 9.97 Å². The van der Waals surface area contributed by atoms with Crippen LogP contribution in [0.3, 0.4) is 0 Å². The average Bonchev–Trinajstić information content (AvgIpc) is 3.66. The first-order valence-corrected chi connectivity index (χ1v) is 17.1. The van der Waals surface area contributed by atoms with Crippen LogP contribution in [-0.2, 0) is 5.41 Å². The molecule has 1 unspecified atom stereocenters. The predicted molar refractivity (Wildman–Crippen MR) is 200 cm³/mol. The molecule has 230 valence electrons. The van der Waals surface area contributed by atoms with E-state index in [2.05, 4.69) is 170 Å². The van der Waals surface area contributed by atoms with Crippen molar-refractivity contribution in [2.24, 2.45) is 0 Å². The largest absolute Gasteiger partial charge is 0.228 e. The van der Waals surface area contributed by atoms with E-state index in [1.165, 1.54) is 50.1 Å². The number of aromatic nitrogens is 2. The maximum atomic E-state index is 5.24. The van der Waals surface area contributed by atoms with Crippen molar-refractivity contribution >= 4 is 0 Å². The Morgan fingerprint density at radius 3 is 1.61 bits per heavy atom. The number of rotatable bonds is 4. The minimum absolute atomic E-state index is 0.397. The van der Waals surface area contributed by atoms with Crippen LogP contribution < -0.4 is 0 Å². The molecular weight excluding hydrogens is 593 g/mol. The Hall–Kier alpha value is -6.12. The molecule has 10 rings (SSSR count). The number of hydrogen-bond acceptors (Lipinski definition) is 2. The van der Waals surface area contributed by atoms with E-state index >= 15 is 0 Å². The van der Waals surface area contributed by atoms with Crippen LogP contribution >= 0.6 is 0 Å². The van der Waals surface area contributed by atoms with Crippen LogP contribution in [0.1, 0.15) is 40.2 Å². The molecule has 1 atom stereocenters. The molecule has 0 N–H and O–H groups in total. The molecule has 0 amide bonds. The van der Waals surface area contributed by atoms with Crippen LogP contribution in [0.4, 0.5) is 0 Å². The van der Waals surface area contributed by atoms with Crippen molar-refractivity contribution in [1.29, 1.82) is 0 Å². The Balaban J connectivity index is 1.17. The van der Waals surface area contributed by atoms with Crippen molar-refractivity contribution in [1.82, 2.24) is 9.97 Å². The number of allylic oxidation sites excluding steroid dienone is 4. The average molecular weight is 625 g/mol. The van der Waals surface area contributed by atoms with Gasteiger partial charge in [-0.2, -0.15) is 0 Å². The van der Waals surface area contributed by atoms with Gasteiger partial charge in [0.2, 0.25) is 0 Å². The van der Waals surface area contributed by atoms with Crippen LogP contribution in [0.5, 0.6) is 0 Å². The molecule has 0 radical (unpaired) electrons. The third-order valence-electron chi connectivity index (χ3n) is 10.7. The molecule has 0 bridgehead atoms. The van der Waals surface area contributed by atoms with Crippen LogP contribution in [0, 0.1) is 0 Å². The van der Waals surface area contributed by atoms with Gasteiger partial charge in [0.05, 0.1) is 16.8 Å². The summed E-state index contributed by atoms with van der Waals surface area (Å²) in [7, 11) is 0. The SMILES string of the molecule is C1=CCC(c2ccc(-c3cc(-c4ccc5c(c4)C4(c6ccccc6-c6ccccc64)c4ccccc4-5)nc(-c4ccccc4)n3)cc2)C=C1. The Morgan fingerprint density at radius 2 is 1.00 bits per heavy atom. The molecule has 1 aromatic heterocycles. The van der Waals surface area contributed by atoms with E-state index in [4.69, 9.17) is 9.97 Å². The van der Waals surface area contributed by atoms with Crippen LogP contribution in [0.15, 0.2) is 176 Å². The van der Waals surface area contributed by atoms with E-state index in [9.17, 15) is 0 Å². The molecule has 49 heavy (non-hydrogen) atoms. The van der Waals surface area contributed by atoms with Gasteiger partial charge in [0.1, 0.15) is 0 Å². The summed E-state index contributed by atoms with van der Waals surface area (Å²) in [6.45, 7) is 0. The van der Waals surface area contributed by atoms with Crippen molar-refractivity contribution < 1.29 is 0 Å². The summed E-state index contributed by atoms with van der Waals surface area (Å²) in [5.41, 5.74) is 16.5. The quantitative estimate of drug-likeness (QED) is 0.195. The van der Waals surface area contributed by atoms with E-state index < -0.39 is 5.41 Å². The van der Waals surface area contributed by atoms with Crippen LogP contribution in [0.2, 0.25) is 0 Å². The predicted octanol–water partition coefficient (Wildman–Crippen LogP) is 11.4. The second kappa shape index (κ2) is 11.0. The van der Waals surface area contributed by atoms with Gasteiger partial charge in [0.25, 0.3) is 0 Å². The fourth-order valence-corrected chi connectivity index (χ4v) is 8.44. The standard InChI is InChI=1S/C47H32N2/c1-3-13-31(14-4-1)32-23-25-33(26-24-32)44-30-45(49-46(48-44)34-15-5-2-6-16-34)35-27-28-39-38-19-9-12-22-42(38)47(43(39)29-35)40-20-10-7-17-36(40)37-18-8-11-21-41(37)47/h1-13,15-31H,14H2. The van der Waals surface area contributed by atoms with Crippen molar-refractivity contribution in [3.8, 4) is 56.2 Å². The Morgan fingerprint density at radius 1 is 0.449 bits per heavy atom. The van der Waals surface area contributed by atoms with Crippen molar-refractivity contribution in [2.75, 3.05) is 0 Å².